The minimum absolute atomic E-state index is 0.293. The fourth-order valence-electron chi connectivity index (χ4n) is 3.65. The van der Waals surface area contributed by atoms with E-state index in [-0.39, 0.29) is 0 Å². The van der Waals surface area contributed by atoms with Crippen LogP contribution in [0.2, 0.25) is 0 Å². The molecule has 0 aliphatic heterocycles. The molecule has 0 bridgehead atoms. The van der Waals surface area contributed by atoms with Gasteiger partial charge >= 0.3 is 0 Å². The molecule has 0 radical (unpaired) electrons. The maximum absolute atomic E-state index is 14.8. The maximum atomic E-state index is 14.8. The van der Waals surface area contributed by atoms with E-state index in [1.165, 1.54) is 0 Å². The molecular weight excluding hydrogens is 535 g/mol. The van der Waals surface area contributed by atoms with E-state index in [0.29, 0.717) is 30.3 Å². The van der Waals surface area contributed by atoms with E-state index in [0.717, 1.165) is 0 Å². The largest absolute Gasteiger partial charge is 0.204 e. The Balaban J connectivity index is 2.29. The van der Waals surface area contributed by atoms with Crippen LogP contribution in [0.3, 0.4) is 0 Å². The molecule has 0 aliphatic carbocycles. The molecule has 0 N–H and O–H groups in total. The van der Waals surface area contributed by atoms with Gasteiger partial charge < -0.3 is 0 Å². The maximum Gasteiger partial charge on any atom is 0.200 e. The minimum Gasteiger partial charge on any atom is -0.204 e. The molecule has 192 valence electrons. The lowest BCUT2D eigenvalue weighted by atomic mass is 9.86. The molecule has 0 spiro atoms. The second-order valence-corrected chi connectivity index (χ2v) is 7.34. The van der Waals surface area contributed by atoms with Gasteiger partial charge in [0, 0.05) is 11.1 Å². The molecule has 0 unspecified atom stereocenters. The van der Waals surface area contributed by atoms with Gasteiger partial charge in [0.05, 0.1) is 11.1 Å². The lowest BCUT2D eigenvalue weighted by Gasteiger charge is -2.19. The van der Waals surface area contributed by atoms with Crippen LogP contribution in [0.5, 0.6) is 0 Å². The molecule has 0 atom stereocenters. The van der Waals surface area contributed by atoms with Crippen LogP contribution in [0.25, 0.3) is 33.4 Å². The van der Waals surface area contributed by atoms with Crippen molar-refractivity contribution in [1.29, 1.82) is 0 Å². The van der Waals surface area contributed by atoms with E-state index in [9.17, 15) is 57.1 Å². The summed E-state index contributed by atoms with van der Waals surface area (Å²) in [6, 6.07) is 2.55. The van der Waals surface area contributed by atoms with Crippen molar-refractivity contribution < 1.29 is 57.1 Å². The van der Waals surface area contributed by atoms with Crippen molar-refractivity contribution in [3.63, 3.8) is 0 Å². The van der Waals surface area contributed by atoms with E-state index in [1.807, 2.05) is 0 Å². The molecule has 0 fully saturated rings. The first-order valence-corrected chi connectivity index (χ1v) is 9.61. The van der Waals surface area contributed by atoms with Crippen LogP contribution in [-0.4, -0.2) is 0 Å². The summed E-state index contributed by atoms with van der Waals surface area (Å²) in [6.07, 6.45) is 0. The molecule has 4 aromatic rings. The van der Waals surface area contributed by atoms with E-state index in [1.54, 1.807) is 0 Å². The second kappa shape index (κ2) is 9.12. The van der Waals surface area contributed by atoms with Crippen LogP contribution in [0.1, 0.15) is 0 Å². The van der Waals surface area contributed by atoms with Crippen LogP contribution in [0, 0.1) is 75.6 Å². The van der Waals surface area contributed by atoms with Crippen LogP contribution >= 0.6 is 0 Å². The Morgan fingerprint density at radius 2 is 0.676 bits per heavy atom. The monoisotopic (exact) mass is 540 g/mol. The molecule has 13 heteroatoms. The fourth-order valence-corrected chi connectivity index (χ4v) is 3.65. The molecule has 0 saturated heterocycles. The molecule has 0 heterocycles. The standard InChI is InChI=1S/C24H5F13/c25-9-5-4-7(13(26)14(9)27)6-2-1-3-8(11-15(28)19(32)23(36)20(33)16(11)29)10(6)12-17(30)21(34)24(37)22(35)18(12)31/h1-5H. The third-order valence-electron chi connectivity index (χ3n) is 5.33. The highest BCUT2D eigenvalue weighted by atomic mass is 19.2. The van der Waals surface area contributed by atoms with Crippen molar-refractivity contribution in [2.45, 2.75) is 0 Å². The minimum atomic E-state index is -2.67. The van der Waals surface area contributed by atoms with Gasteiger partial charge in [-0.2, -0.15) is 0 Å². The first kappa shape index (κ1) is 26.0. The Hall–Kier alpha value is -4.03. The highest BCUT2D eigenvalue weighted by molar-refractivity contribution is 5.95. The summed E-state index contributed by atoms with van der Waals surface area (Å²) < 4.78 is 184. The SMILES string of the molecule is Fc1ccc(-c2cccc(-c3c(F)c(F)c(F)c(F)c3F)c2-c2c(F)c(F)c(F)c(F)c2F)c(F)c1F. The number of rotatable bonds is 3. The Kier molecular flexibility index (Phi) is 6.42. The predicted octanol–water partition coefficient (Wildman–Crippen LogP) is 8.50. The number of hydrogen-bond donors (Lipinski definition) is 0. The van der Waals surface area contributed by atoms with Gasteiger partial charge in [-0.1, -0.05) is 18.2 Å². The van der Waals surface area contributed by atoms with E-state index < -0.39 is 109 Å². The molecular formula is C24H5F13. The zero-order valence-electron chi connectivity index (χ0n) is 17.3. The molecule has 0 aliphatic rings. The van der Waals surface area contributed by atoms with Crippen molar-refractivity contribution in [2.75, 3.05) is 0 Å². The molecule has 0 saturated carbocycles. The quantitative estimate of drug-likeness (QED) is 0.139. The Bertz CT molecular complexity index is 1550. The van der Waals surface area contributed by atoms with Gasteiger partial charge in [-0.15, -0.1) is 0 Å². The Labute approximate surface area is 197 Å². The Morgan fingerprint density at radius 3 is 1.16 bits per heavy atom. The third kappa shape index (κ3) is 3.80. The molecule has 0 amide bonds. The summed E-state index contributed by atoms with van der Waals surface area (Å²) in [5.74, 6) is -32.0. The van der Waals surface area contributed by atoms with Crippen LogP contribution in [-0.2, 0) is 0 Å². The molecule has 0 nitrogen and oxygen atoms in total. The van der Waals surface area contributed by atoms with Crippen molar-refractivity contribution >= 4 is 0 Å². The van der Waals surface area contributed by atoms with E-state index >= 15 is 0 Å². The summed E-state index contributed by atoms with van der Waals surface area (Å²) in [6.45, 7) is 0. The summed E-state index contributed by atoms with van der Waals surface area (Å²) >= 11 is 0. The van der Waals surface area contributed by atoms with Crippen LogP contribution < -0.4 is 0 Å². The average Bonchev–Trinajstić information content (AvgIpc) is 2.88. The van der Waals surface area contributed by atoms with Crippen LogP contribution in [0.4, 0.5) is 57.1 Å². The number of benzene rings is 4. The first-order chi connectivity index (χ1) is 17.3. The van der Waals surface area contributed by atoms with Crippen molar-refractivity contribution in [3.8, 4) is 33.4 Å². The first-order valence-electron chi connectivity index (χ1n) is 9.61. The summed E-state index contributed by atoms with van der Waals surface area (Å²) in [7, 11) is 0. The van der Waals surface area contributed by atoms with Crippen LogP contribution in [0.15, 0.2) is 30.3 Å². The zero-order valence-corrected chi connectivity index (χ0v) is 17.3. The van der Waals surface area contributed by atoms with Crippen molar-refractivity contribution in [1.82, 2.24) is 0 Å². The van der Waals surface area contributed by atoms with Gasteiger partial charge in [-0.05, 0) is 23.3 Å². The van der Waals surface area contributed by atoms with Gasteiger partial charge in [0.15, 0.2) is 64.0 Å². The number of hydrogen-bond acceptors (Lipinski definition) is 0. The topological polar surface area (TPSA) is 0 Å². The summed E-state index contributed by atoms with van der Waals surface area (Å²) in [4.78, 5) is 0. The van der Waals surface area contributed by atoms with Gasteiger partial charge in [-0.25, -0.2) is 57.1 Å². The van der Waals surface area contributed by atoms with E-state index in [4.69, 9.17) is 0 Å². The highest BCUT2D eigenvalue weighted by Crippen LogP contribution is 2.46. The molecule has 0 aromatic heterocycles. The lowest BCUT2D eigenvalue weighted by Crippen LogP contribution is -2.08. The van der Waals surface area contributed by atoms with Gasteiger partial charge in [0.25, 0.3) is 0 Å². The van der Waals surface area contributed by atoms with Gasteiger partial charge in [-0.3, -0.25) is 0 Å². The normalized spacial score (nSPS) is 11.4. The van der Waals surface area contributed by atoms with Crippen molar-refractivity contribution in [2.24, 2.45) is 0 Å². The third-order valence-corrected chi connectivity index (χ3v) is 5.33. The van der Waals surface area contributed by atoms with Crippen molar-refractivity contribution in [3.05, 3.63) is 106 Å². The highest BCUT2D eigenvalue weighted by Gasteiger charge is 2.34. The average molecular weight is 540 g/mol. The van der Waals surface area contributed by atoms with Gasteiger partial charge in [0.2, 0.25) is 11.6 Å². The summed E-state index contributed by atoms with van der Waals surface area (Å²) in [5.41, 5.74) is -8.89. The zero-order chi connectivity index (χ0) is 27.5. The second-order valence-electron chi connectivity index (χ2n) is 7.34. The fraction of sp³-hybridized carbons (Fsp3) is 0. The lowest BCUT2D eigenvalue weighted by molar-refractivity contribution is 0.380. The predicted molar refractivity (Wildman–Crippen MR) is 102 cm³/mol. The molecule has 4 rings (SSSR count). The van der Waals surface area contributed by atoms with Gasteiger partial charge in [0.1, 0.15) is 0 Å². The smallest absolute Gasteiger partial charge is 0.200 e. The summed E-state index contributed by atoms with van der Waals surface area (Å²) in [5, 5.41) is 0. The Morgan fingerprint density at radius 1 is 0.270 bits per heavy atom. The molecule has 4 aromatic carbocycles. The van der Waals surface area contributed by atoms with E-state index in [2.05, 4.69) is 0 Å². The number of halogens is 13. The molecule has 37 heavy (non-hydrogen) atoms.